The first-order chi connectivity index (χ1) is 9.78. The lowest BCUT2D eigenvalue weighted by Crippen LogP contribution is -2.60. The van der Waals surface area contributed by atoms with Gasteiger partial charge in [0.25, 0.3) is 0 Å². The van der Waals surface area contributed by atoms with Gasteiger partial charge in [0.1, 0.15) is 0 Å². The minimum Gasteiger partial charge on any atom is -0.354 e. The van der Waals surface area contributed by atoms with Gasteiger partial charge < -0.3 is 10.6 Å². The molecule has 4 saturated carbocycles. The topological polar surface area (TPSA) is 41.1 Å². The lowest BCUT2D eigenvalue weighted by Gasteiger charge is -2.64. The SMILES string of the molecule is CCN[C@H](C)CNC(=O)C12CC3CC(C)(CC(C)(C3)C1)C2. The number of carbonyl (C=O) groups is 1. The second kappa shape index (κ2) is 4.97. The van der Waals surface area contributed by atoms with E-state index in [0.29, 0.717) is 22.8 Å². The van der Waals surface area contributed by atoms with Gasteiger partial charge >= 0.3 is 0 Å². The fraction of sp³-hybridized carbons (Fsp3) is 0.944. The Morgan fingerprint density at radius 3 is 2.29 bits per heavy atom. The second-order valence-corrected chi connectivity index (χ2v) is 9.08. The largest absolute Gasteiger partial charge is 0.354 e. The van der Waals surface area contributed by atoms with Gasteiger partial charge in [0.15, 0.2) is 0 Å². The van der Waals surface area contributed by atoms with Crippen LogP contribution in [-0.2, 0) is 4.79 Å². The first kappa shape index (κ1) is 15.3. The molecule has 21 heavy (non-hydrogen) atoms. The van der Waals surface area contributed by atoms with Crippen LogP contribution in [0.4, 0.5) is 0 Å². The average Bonchev–Trinajstić information content (AvgIpc) is 2.31. The van der Waals surface area contributed by atoms with Gasteiger partial charge in [-0.3, -0.25) is 4.79 Å². The second-order valence-electron chi connectivity index (χ2n) is 9.08. The molecule has 0 heterocycles. The number of likely N-dealkylation sites (N-methyl/N-ethyl adjacent to an activating group) is 1. The molecule has 4 aliphatic rings. The summed E-state index contributed by atoms with van der Waals surface area (Å²) in [4.78, 5) is 13.0. The summed E-state index contributed by atoms with van der Waals surface area (Å²) < 4.78 is 0. The van der Waals surface area contributed by atoms with E-state index in [1.807, 2.05) is 0 Å². The first-order valence-electron chi connectivity index (χ1n) is 8.80. The zero-order valence-corrected chi connectivity index (χ0v) is 14.2. The van der Waals surface area contributed by atoms with Gasteiger partial charge in [-0.1, -0.05) is 20.8 Å². The van der Waals surface area contributed by atoms with Gasteiger partial charge in [-0.25, -0.2) is 0 Å². The van der Waals surface area contributed by atoms with E-state index in [0.717, 1.165) is 38.3 Å². The van der Waals surface area contributed by atoms with E-state index in [-0.39, 0.29) is 5.41 Å². The lowest BCUT2D eigenvalue weighted by molar-refractivity contribution is -0.170. The Balaban J connectivity index is 1.71. The molecule has 2 N–H and O–H groups in total. The molecule has 0 aromatic heterocycles. The molecule has 0 aromatic carbocycles. The van der Waals surface area contributed by atoms with Crippen molar-refractivity contribution in [1.29, 1.82) is 0 Å². The van der Waals surface area contributed by atoms with Crippen LogP contribution >= 0.6 is 0 Å². The molecule has 1 amide bonds. The van der Waals surface area contributed by atoms with Crippen LogP contribution in [0.15, 0.2) is 0 Å². The number of amides is 1. The van der Waals surface area contributed by atoms with Gasteiger partial charge in [-0.2, -0.15) is 0 Å². The summed E-state index contributed by atoms with van der Waals surface area (Å²) >= 11 is 0. The van der Waals surface area contributed by atoms with Crippen LogP contribution in [0.5, 0.6) is 0 Å². The molecule has 4 bridgehead atoms. The van der Waals surface area contributed by atoms with Crippen molar-refractivity contribution in [2.45, 2.75) is 72.3 Å². The van der Waals surface area contributed by atoms with E-state index < -0.39 is 0 Å². The first-order valence-corrected chi connectivity index (χ1v) is 8.80. The van der Waals surface area contributed by atoms with E-state index in [4.69, 9.17) is 0 Å². The monoisotopic (exact) mass is 292 g/mol. The predicted octanol–water partition coefficient (Wildman–Crippen LogP) is 3.10. The minimum absolute atomic E-state index is 0.0607. The van der Waals surface area contributed by atoms with Crippen LogP contribution in [0, 0.1) is 22.2 Å². The van der Waals surface area contributed by atoms with Crippen LogP contribution in [0.25, 0.3) is 0 Å². The maximum absolute atomic E-state index is 13.0. The number of rotatable bonds is 5. The third-order valence-electron chi connectivity index (χ3n) is 6.23. The predicted molar refractivity (Wildman–Crippen MR) is 86.0 cm³/mol. The zero-order valence-electron chi connectivity index (χ0n) is 14.2. The maximum Gasteiger partial charge on any atom is 0.226 e. The molecule has 2 unspecified atom stereocenters. The third-order valence-corrected chi connectivity index (χ3v) is 6.23. The van der Waals surface area contributed by atoms with Gasteiger partial charge in [0, 0.05) is 12.6 Å². The normalized spacial score (nSPS) is 45.6. The van der Waals surface area contributed by atoms with E-state index >= 15 is 0 Å². The highest BCUT2D eigenvalue weighted by Gasteiger charge is 2.62. The molecular formula is C18H32N2O. The highest BCUT2D eigenvalue weighted by molar-refractivity contribution is 5.83. The van der Waals surface area contributed by atoms with Crippen LogP contribution in [0.1, 0.15) is 66.2 Å². The molecule has 120 valence electrons. The quantitative estimate of drug-likeness (QED) is 0.817. The zero-order chi connectivity index (χ0) is 15.3. The molecule has 4 rings (SSSR count). The average molecular weight is 292 g/mol. The molecule has 0 spiro atoms. The van der Waals surface area contributed by atoms with Crippen molar-refractivity contribution in [3.8, 4) is 0 Å². The molecule has 3 nitrogen and oxygen atoms in total. The Morgan fingerprint density at radius 2 is 1.76 bits per heavy atom. The van der Waals surface area contributed by atoms with Crippen molar-refractivity contribution in [1.82, 2.24) is 10.6 Å². The number of hydrogen-bond acceptors (Lipinski definition) is 2. The fourth-order valence-corrected chi connectivity index (χ4v) is 6.55. The van der Waals surface area contributed by atoms with E-state index in [1.165, 1.54) is 19.3 Å². The molecule has 0 radical (unpaired) electrons. The molecule has 3 atom stereocenters. The van der Waals surface area contributed by atoms with Crippen molar-refractivity contribution in [2.24, 2.45) is 22.2 Å². The summed E-state index contributed by atoms with van der Waals surface area (Å²) in [5, 5.41) is 6.63. The van der Waals surface area contributed by atoms with Crippen LogP contribution < -0.4 is 10.6 Å². The highest BCUT2D eigenvalue weighted by atomic mass is 16.2. The molecule has 3 heteroatoms. The Kier molecular flexibility index (Phi) is 3.63. The summed E-state index contributed by atoms with van der Waals surface area (Å²) in [6, 6.07) is 0.360. The number of carbonyl (C=O) groups excluding carboxylic acids is 1. The van der Waals surface area contributed by atoms with Crippen molar-refractivity contribution in [3.63, 3.8) is 0 Å². The van der Waals surface area contributed by atoms with Gasteiger partial charge in [0.05, 0.1) is 5.41 Å². The molecular weight excluding hydrogens is 260 g/mol. The number of hydrogen-bond donors (Lipinski definition) is 2. The van der Waals surface area contributed by atoms with E-state index in [2.05, 4.69) is 38.3 Å². The van der Waals surface area contributed by atoms with Crippen molar-refractivity contribution in [2.75, 3.05) is 13.1 Å². The lowest BCUT2D eigenvalue weighted by atomic mass is 9.40. The molecule has 0 aliphatic heterocycles. The molecule has 0 saturated heterocycles. The van der Waals surface area contributed by atoms with Crippen molar-refractivity contribution in [3.05, 3.63) is 0 Å². The van der Waals surface area contributed by atoms with Crippen LogP contribution in [-0.4, -0.2) is 25.0 Å². The van der Waals surface area contributed by atoms with Gasteiger partial charge in [-0.15, -0.1) is 0 Å². The van der Waals surface area contributed by atoms with E-state index in [1.54, 1.807) is 0 Å². The molecule has 4 aliphatic carbocycles. The summed E-state index contributed by atoms with van der Waals surface area (Å²) in [5.41, 5.74) is 0.770. The smallest absolute Gasteiger partial charge is 0.226 e. The highest BCUT2D eigenvalue weighted by Crippen LogP contribution is 2.69. The van der Waals surface area contributed by atoms with Crippen LogP contribution in [0.3, 0.4) is 0 Å². The Morgan fingerprint density at radius 1 is 1.14 bits per heavy atom. The third kappa shape index (κ3) is 2.74. The van der Waals surface area contributed by atoms with E-state index in [9.17, 15) is 4.79 Å². The van der Waals surface area contributed by atoms with Crippen LogP contribution in [0.2, 0.25) is 0 Å². The molecule has 0 aromatic rings. The molecule has 4 fully saturated rings. The summed E-state index contributed by atoms with van der Waals surface area (Å²) in [7, 11) is 0. The van der Waals surface area contributed by atoms with Gasteiger partial charge in [-0.05, 0) is 68.7 Å². The Hall–Kier alpha value is -0.570. The standard InChI is InChI=1S/C18H32N2O/c1-5-19-13(2)9-20-15(21)18-8-14-6-16(3,11-18)10-17(4,7-14)12-18/h13-14,19H,5-12H2,1-4H3,(H,20,21)/t13-,14?,16?,17?,18?/m1/s1. The summed E-state index contributed by atoms with van der Waals surface area (Å²) in [6.07, 6.45) is 7.41. The minimum atomic E-state index is -0.0607. The summed E-state index contributed by atoms with van der Waals surface area (Å²) in [6.45, 7) is 10.8. The fourth-order valence-electron chi connectivity index (χ4n) is 6.55. The maximum atomic E-state index is 13.0. The van der Waals surface area contributed by atoms with Crippen molar-refractivity contribution >= 4 is 5.91 Å². The number of nitrogens with one attached hydrogen (secondary N) is 2. The Bertz CT molecular complexity index is 415. The summed E-state index contributed by atoms with van der Waals surface area (Å²) in [5.74, 6) is 1.13. The Labute approximate surface area is 129 Å². The van der Waals surface area contributed by atoms with Gasteiger partial charge in [0.2, 0.25) is 5.91 Å². The van der Waals surface area contributed by atoms with Crippen molar-refractivity contribution < 1.29 is 4.79 Å².